The third-order valence-corrected chi connectivity index (χ3v) is 5.13. The quantitative estimate of drug-likeness (QED) is 0.677. The predicted molar refractivity (Wildman–Crippen MR) is 67.3 cm³/mol. The van der Waals surface area contributed by atoms with Crippen LogP contribution in [0.2, 0.25) is 0 Å². The van der Waals surface area contributed by atoms with Crippen LogP contribution in [0.4, 0.5) is 0 Å². The Morgan fingerprint density at radius 1 is 1.00 bits per heavy atom. The third-order valence-electron chi connectivity index (χ3n) is 4.38. The van der Waals surface area contributed by atoms with Crippen LogP contribution in [0.5, 0.6) is 0 Å². The van der Waals surface area contributed by atoms with Gasteiger partial charge in [-0.1, -0.05) is 40.2 Å². The van der Waals surface area contributed by atoms with E-state index in [0.29, 0.717) is 0 Å². The molecule has 80 valence electrons. The molecule has 1 fully saturated rings. The van der Waals surface area contributed by atoms with Gasteiger partial charge in [0, 0.05) is 5.33 Å². The molecule has 2 unspecified atom stereocenters. The van der Waals surface area contributed by atoms with E-state index >= 15 is 0 Å². The first-order valence-corrected chi connectivity index (χ1v) is 7.13. The minimum absolute atomic E-state index is 0.928. The SMILES string of the molecule is BrCC1C2CCC1Cc1ccccc1C2. The van der Waals surface area contributed by atoms with Gasteiger partial charge in [0.2, 0.25) is 0 Å². The Bertz CT molecular complexity index is 325. The van der Waals surface area contributed by atoms with Crippen molar-refractivity contribution in [1.82, 2.24) is 0 Å². The molecule has 2 atom stereocenters. The Morgan fingerprint density at radius 2 is 1.53 bits per heavy atom. The van der Waals surface area contributed by atoms with Gasteiger partial charge < -0.3 is 0 Å². The predicted octanol–water partition coefficient (Wildman–Crippen LogP) is 3.82. The molecule has 0 heterocycles. The second kappa shape index (κ2) is 3.93. The van der Waals surface area contributed by atoms with Crippen molar-refractivity contribution in [2.75, 3.05) is 5.33 Å². The minimum Gasteiger partial charge on any atom is -0.0925 e. The highest BCUT2D eigenvalue weighted by Crippen LogP contribution is 2.44. The normalized spacial score (nSPS) is 33.5. The van der Waals surface area contributed by atoms with E-state index in [9.17, 15) is 0 Å². The van der Waals surface area contributed by atoms with Crippen LogP contribution < -0.4 is 0 Å². The Kier molecular flexibility index (Phi) is 2.59. The number of benzene rings is 1. The van der Waals surface area contributed by atoms with Crippen molar-refractivity contribution in [1.29, 1.82) is 0 Å². The van der Waals surface area contributed by atoms with Crippen molar-refractivity contribution < 1.29 is 0 Å². The zero-order chi connectivity index (χ0) is 10.3. The lowest BCUT2D eigenvalue weighted by molar-refractivity contribution is 0.358. The highest BCUT2D eigenvalue weighted by molar-refractivity contribution is 9.09. The van der Waals surface area contributed by atoms with E-state index in [1.165, 1.54) is 31.0 Å². The maximum absolute atomic E-state index is 3.71. The molecule has 0 amide bonds. The number of hydrogen-bond acceptors (Lipinski definition) is 0. The highest BCUT2D eigenvalue weighted by Gasteiger charge is 2.37. The van der Waals surface area contributed by atoms with E-state index < -0.39 is 0 Å². The van der Waals surface area contributed by atoms with Crippen molar-refractivity contribution in [2.45, 2.75) is 25.7 Å². The molecule has 0 radical (unpaired) electrons. The fourth-order valence-electron chi connectivity index (χ4n) is 3.52. The molecular formula is C14H17Br. The Labute approximate surface area is 100 Å². The van der Waals surface area contributed by atoms with E-state index in [4.69, 9.17) is 0 Å². The molecule has 1 aromatic rings. The average molecular weight is 265 g/mol. The van der Waals surface area contributed by atoms with Gasteiger partial charge >= 0.3 is 0 Å². The Morgan fingerprint density at radius 3 is 2.00 bits per heavy atom. The summed E-state index contributed by atoms with van der Waals surface area (Å²) in [6, 6.07) is 9.06. The molecular weight excluding hydrogens is 248 g/mol. The highest BCUT2D eigenvalue weighted by atomic mass is 79.9. The van der Waals surface area contributed by atoms with Crippen molar-refractivity contribution in [2.24, 2.45) is 17.8 Å². The summed E-state index contributed by atoms with van der Waals surface area (Å²) in [6.45, 7) is 0. The first-order chi connectivity index (χ1) is 7.38. The van der Waals surface area contributed by atoms with Gasteiger partial charge in [0.25, 0.3) is 0 Å². The maximum atomic E-state index is 3.71. The zero-order valence-corrected chi connectivity index (χ0v) is 10.5. The number of fused-ring (bicyclic) bond motifs is 3. The van der Waals surface area contributed by atoms with Crippen LogP contribution >= 0.6 is 15.9 Å². The first kappa shape index (κ1) is 9.89. The summed E-state index contributed by atoms with van der Waals surface area (Å²) in [5, 5.41) is 1.20. The molecule has 1 saturated carbocycles. The fraction of sp³-hybridized carbons (Fsp3) is 0.571. The third kappa shape index (κ3) is 1.65. The lowest BCUT2D eigenvalue weighted by Gasteiger charge is -2.18. The van der Waals surface area contributed by atoms with Gasteiger partial charge in [-0.15, -0.1) is 0 Å². The van der Waals surface area contributed by atoms with Crippen LogP contribution in [0, 0.1) is 17.8 Å². The molecule has 15 heavy (non-hydrogen) atoms. The second-order valence-electron chi connectivity index (χ2n) is 5.09. The van der Waals surface area contributed by atoms with Crippen LogP contribution in [-0.2, 0) is 12.8 Å². The van der Waals surface area contributed by atoms with E-state index in [1.54, 1.807) is 11.1 Å². The molecule has 1 heteroatoms. The topological polar surface area (TPSA) is 0 Å². The van der Waals surface area contributed by atoms with Gasteiger partial charge in [-0.3, -0.25) is 0 Å². The number of alkyl halides is 1. The molecule has 0 saturated heterocycles. The largest absolute Gasteiger partial charge is 0.0925 e. The summed E-state index contributed by atoms with van der Waals surface area (Å²) in [7, 11) is 0. The molecule has 2 bridgehead atoms. The van der Waals surface area contributed by atoms with Crippen LogP contribution in [0.25, 0.3) is 0 Å². The smallest absolute Gasteiger partial charge is 0.00651 e. The van der Waals surface area contributed by atoms with Crippen molar-refractivity contribution in [3.8, 4) is 0 Å². The average Bonchev–Trinajstić information content (AvgIpc) is 2.54. The molecule has 2 aliphatic rings. The molecule has 1 aromatic carbocycles. The van der Waals surface area contributed by atoms with Gasteiger partial charge in [0.05, 0.1) is 0 Å². The fourth-order valence-corrected chi connectivity index (χ4v) is 4.58. The van der Waals surface area contributed by atoms with Gasteiger partial charge in [-0.05, 0) is 54.6 Å². The Balaban J connectivity index is 1.97. The van der Waals surface area contributed by atoms with E-state index in [0.717, 1.165) is 17.8 Å². The minimum atomic E-state index is 0.928. The number of hydrogen-bond donors (Lipinski definition) is 0. The van der Waals surface area contributed by atoms with Crippen molar-refractivity contribution in [3.63, 3.8) is 0 Å². The van der Waals surface area contributed by atoms with E-state index in [1.807, 2.05) is 0 Å². The van der Waals surface area contributed by atoms with Crippen LogP contribution in [-0.4, -0.2) is 5.33 Å². The maximum Gasteiger partial charge on any atom is 0.00651 e. The summed E-state index contributed by atoms with van der Waals surface area (Å²) in [4.78, 5) is 0. The van der Waals surface area contributed by atoms with E-state index in [-0.39, 0.29) is 0 Å². The van der Waals surface area contributed by atoms with Crippen LogP contribution in [0.1, 0.15) is 24.0 Å². The summed E-state index contributed by atoms with van der Waals surface area (Å²) in [5.41, 5.74) is 3.24. The second-order valence-corrected chi connectivity index (χ2v) is 5.74. The summed E-state index contributed by atoms with van der Waals surface area (Å²) < 4.78 is 0. The lowest BCUT2D eigenvalue weighted by atomic mass is 9.89. The molecule has 0 aliphatic heterocycles. The van der Waals surface area contributed by atoms with Gasteiger partial charge in [0.15, 0.2) is 0 Å². The standard InChI is InChI=1S/C14H17Br/c15-9-14-12-5-6-13(14)8-11-4-2-1-3-10(11)7-12/h1-4,12-14H,5-9H2. The van der Waals surface area contributed by atoms with Gasteiger partial charge in [-0.25, -0.2) is 0 Å². The molecule has 0 spiro atoms. The molecule has 3 rings (SSSR count). The number of halogens is 1. The van der Waals surface area contributed by atoms with Crippen molar-refractivity contribution >= 4 is 15.9 Å². The zero-order valence-electron chi connectivity index (χ0n) is 8.95. The molecule has 0 N–H and O–H groups in total. The monoisotopic (exact) mass is 264 g/mol. The summed E-state index contributed by atoms with van der Waals surface area (Å²) >= 11 is 3.71. The summed E-state index contributed by atoms with van der Waals surface area (Å²) in [6.07, 6.45) is 5.55. The lowest BCUT2D eigenvalue weighted by Crippen LogP contribution is -2.16. The van der Waals surface area contributed by atoms with Gasteiger partial charge in [0.1, 0.15) is 0 Å². The van der Waals surface area contributed by atoms with Crippen molar-refractivity contribution in [3.05, 3.63) is 35.4 Å². The van der Waals surface area contributed by atoms with E-state index in [2.05, 4.69) is 40.2 Å². The molecule has 0 nitrogen and oxygen atoms in total. The Hall–Kier alpha value is -0.300. The molecule has 0 aromatic heterocycles. The first-order valence-electron chi connectivity index (χ1n) is 6.01. The number of rotatable bonds is 1. The van der Waals surface area contributed by atoms with Gasteiger partial charge in [-0.2, -0.15) is 0 Å². The van der Waals surface area contributed by atoms with Crippen LogP contribution in [0.3, 0.4) is 0 Å². The summed E-state index contributed by atoms with van der Waals surface area (Å²) in [5.74, 6) is 2.81. The molecule has 2 aliphatic carbocycles. The van der Waals surface area contributed by atoms with Crippen LogP contribution in [0.15, 0.2) is 24.3 Å².